The molecular formula is C16H21NO3. The summed E-state index contributed by atoms with van der Waals surface area (Å²) >= 11 is 0. The van der Waals surface area contributed by atoms with E-state index in [9.17, 15) is 9.59 Å². The zero-order valence-corrected chi connectivity index (χ0v) is 12.0. The van der Waals surface area contributed by atoms with Crippen molar-refractivity contribution in [3.8, 4) is 0 Å². The van der Waals surface area contributed by atoms with Crippen LogP contribution in [0.2, 0.25) is 0 Å². The molecule has 1 aromatic rings. The average Bonchev–Trinajstić information content (AvgIpc) is 2.39. The van der Waals surface area contributed by atoms with Crippen LogP contribution in [0.5, 0.6) is 0 Å². The predicted molar refractivity (Wildman–Crippen MR) is 80.6 cm³/mol. The molecule has 0 unspecified atom stereocenters. The second-order valence-corrected chi connectivity index (χ2v) is 4.75. The minimum atomic E-state index is -0.976. The number of aliphatic carboxylic acids is 1. The summed E-state index contributed by atoms with van der Waals surface area (Å²) in [7, 11) is 0. The van der Waals surface area contributed by atoms with Gasteiger partial charge in [-0.3, -0.25) is 4.79 Å². The largest absolute Gasteiger partial charge is 0.478 e. The first kappa shape index (κ1) is 16.0. The summed E-state index contributed by atoms with van der Waals surface area (Å²) in [5.74, 6) is -0.952. The van der Waals surface area contributed by atoms with Crippen molar-refractivity contribution >= 4 is 23.6 Å². The SMILES string of the molecule is CCCCCC(=O)Nc1ccc(C=CC(=O)O)cc1C. The Bertz CT molecular complexity index is 506. The highest BCUT2D eigenvalue weighted by atomic mass is 16.4. The van der Waals surface area contributed by atoms with Crippen molar-refractivity contribution in [3.05, 3.63) is 35.4 Å². The maximum absolute atomic E-state index is 11.7. The molecule has 4 heteroatoms. The van der Waals surface area contributed by atoms with Gasteiger partial charge in [0.05, 0.1) is 0 Å². The van der Waals surface area contributed by atoms with Gasteiger partial charge in [-0.15, -0.1) is 0 Å². The van der Waals surface area contributed by atoms with Gasteiger partial charge in [0.2, 0.25) is 5.91 Å². The highest BCUT2D eigenvalue weighted by Gasteiger charge is 2.04. The Labute approximate surface area is 119 Å². The highest BCUT2D eigenvalue weighted by molar-refractivity contribution is 5.91. The topological polar surface area (TPSA) is 66.4 Å². The fraction of sp³-hybridized carbons (Fsp3) is 0.375. The average molecular weight is 275 g/mol. The van der Waals surface area contributed by atoms with Gasteiger partial charge < -0.3 is 10.4 Å². The first-order chi connectivity index (χ1) is 9.52. The molecule has 1 rings (SSSR count). The zero-order valence-electron chi connectivity index (χ0n) is 12.0. The number of carbonyl (C=O) groups excluding carboxylic acids is 1. The molecule has 0 fully saturated rings. The van der Waals surface area contributed by atoms with Gasteiger partial charge >= 0.3 is 5.97 Å². The van der Waals surface area contributed by atoms with E-state index in [1.807, 2.05) is 13.0 Å². The summed E-state index contributed by atoms with van der Waals surface area (Å²) in [4.78, 5) is 22.2. The van der Waals surface area contributed by atoms with E-state index in [1.165, 1.54) is 6.08 Å². The number of hydrogen-bond acceptors (Lipinski definition) is 2. The third kappa shape index (κ3) is 5.69. The number of aryl methyl sites for hydroxylation is 1. The van der Waals surface area contributed by atoms with Crippen LogP contribution in [0.4, 0.5) is 5.69 Å². The number of carboxylic acid groups (broad SMARTS) is 1. The summed E-state index contributed by atoms with van der Waals surface area (Å²) in [5, 5.41) is 11.5. The van der Waals surface area contributed by atoms with Gasteiger partial charge in [-0.25, -0.2) is 4.79 Å². The number of nitrogens with one attached hydrogen (secondary N) is 1. The van der Waals surface area contributed by atoms with Gasteiger partial charge in [0.25, 0.3) is 0 Å². The lowest BCUT2D eigenvalue weighted by molar-refractivity contribution is -0.131. The number of hydrogen-bond donors (Lipinski definition) is 2. The van der Waals surface area contributed by atoms with E-state index in [4.69, 9.17) is 5.11 Å². The summed E-state index contributed by atoms with van der Waals surface area (Å²) in [6.07, 6.45) is 6.22. The van der Waals surface area contributed by atoms with E-state index in [1.54, 1.807) is 12.1 Å². The number of anilines is 1. The van der Waals surface area contributed by atoms with Crippen molar-refractivity contribution in [2.24, 2.45) is 0 Å². The number of carboxylic acids is 1. The van der Waals surface area contributed by atoms with Crippen molar-refractivity contribution in [3.63, 3.8) is 0 Å². The molecule has 4 nitrogen and oxygen atoms in total. The Balaban J connectivity index is 2.64. The lowest BCUT2D eigenvalue weighted by Crippen LogP contribution is -2.12. The lowest BCUT2D eigenvalue weighted by Gasteiger charge is -2.09. The van der Waals surface area contributed by atoms with Crippen molar-refractivity contribution in [1.82, 2.24) is 0 Å². The minimum Gasteiger partial charge on any atom is -0.478 e. The zero-order chi connectivity index (χ0) is 15.0. The van der Waals surface area contributed by atoms with Crippen LogP contribution in [0, 0.1) is 6.92 Å². The van der Waals surface area contributed by atoms with Crippen molar-refractivity contribution < 1.29 is 14.7 Å². The molecule has 1 aromatic carbocycles. The van der Waals surface area contributed by atoms with Crippen LogP contribution in [0.25, 0.3) is 6.08 Å². The van der Waals surface area contributed by atoms with Crippen LogP contribution in [0.3, 0.4) is 0 Å². The molecule has 0 aromatic heterocycles. The fourth-order valence-corrected chi connectivity index (χ4v) is 1.85. The van der Waals surface area contributed by atoms with Crippen LogP contribution in [-0.4, -0.2) is 17.0 Å². The van der Waals surface area contributed by atoms with Crippen molar-refractivity contribution in [1.29, 1.82) is 0 Å². The Hall–Kier alpha value is -2.10. The second-order valence-electron chi connectivity index (χ2n) is 4.75. The van der Waals surface area contributed by atoms with E-state index in [0.717, 1.165) is 42.2 Å². The number of unbranched alkanes of at least 4 members (excludes halogenated alkanes) is 2. The van der Waals surface area contributed by atoms with Gasteiger partial charge in [-0.1, -0.05) is 25.8 Å². The Morgan fingerprint density at radius 1 is 1.30 bits per heavy atom. The van der Waals surface area contributed by atoms with Crippen molar-refractivity contribution in [2.75, 3.05) is 5.32 Å². The van der Waals surface area contributed by atoms with Gasteiger partial charge in [0.1, 0.15) is 0 Å². The summed E-state index contributed by atoms with van der Waals surface area (Å²) in [6, 6.07) is 5.43. The minimum absolute atomic E-state index is 0.0235. The molecule has 0 saturated carbocycles. The normalized spacial score (nSPS) is 10.7. The van der Waals surface area contributed by atoms with Crippen molar-refractivity contribution in [2.45, 2.75) is 39.5 Å². The van der Waals surface area contributed by atoms with Crippen LogP contribution in [0.1, 0.15) is 43.7 Å². The molecule has 108 valence electrons. The molecule has 0 bridgehead atoms. The molecule has 0 aliphatic heterocycles. The van der Waals surface area contributed by atoms with Gasteiger partial charge in [-0.2, -0.15) is 0 Å². The molecule has 0 spiro atoms. The molecular weight excluding hydrogens is 254 g/mol. The molecule has 0 aliphatic rings. The Kier molecular flexibility index (Phi) is 6.50. The number of amides is 1. The molecule has 0 atom stereocenters. The first-order valence-corrected chi connectivity index (χ1v) is 6.84. The quantitative estimate of drug-likeness (QED) is 0.590. The molecule has 0 heterocycles. The maximum atomic E-state index is 11.7. The standard InChI is InChI=1S/C16H21NO3/c1-3-4-5-6-15(18)17-14-9-7-13(11-12(14)2)8-10-16(19)20/h7-11H,3-6H2,1-2H3,(H,17,18)(H,19,20). The Morgan fingerprint density at radius 2 is 2.05 bits per heavy atom. The summed E-state index contributed by atoms with van der Waals surface area (Å²) in [5.41, 5.74) is 2.49. The van der Waals surface area contributed by atoms with E-state index in [-0.39, 0.29) is 5.91 Å². The Morgan fingerprint density at radius 3 is 2.65 bits per heavy atom. The highest BCUT2D eigenvalue weighted by Crippen LogP contribution is 2.18. The molecule has 0 radical (unpaired) electrons. The fourth-order valence-electron chi connectivity index (χ4n) is 1.85. The van der Waals surface area contributed by atoms with Gasteiger partial charge in [-0.05, 0) is 42.7 Å². The summed E-state index contributed by atoms with van der Waals surface area (Å²) in [6.45, 7) is 3.99. The first-order valence-electron chi connectivity index (χ1n) is 6.84. The molecule has 20 heavy (non-hydrogen) atoms. The van der Waals surface area contributed by atoms with Crippen LogP contribution in [-0.2, 0) is 9.59 Å². The third-order valence-electron chi connectivity index (χ3n) is 2.95. The van der Waals surface area contributed by atoms with Crippen LogP contribution >= 0.6 is 0 Å². The lowest BCUT2D eigenvalue weighted by atomic mass is 10.1. The number of rotatable bonds is 7. The smallest absolute Gasteiger partial charge is 0.328 e. The second kappa shape index (κ2) is 8.15. The van der Waals surface area contributed by atoms with Crippen LogP contribution < -0.4 is 5.32 Å². The van der Waals surface area contributed by atoms with E-state index in [2.05, 4.69) is 12.2 Å². The monoisotopic (exact) mass is 275 g/mol. The molecule has 0 aliphatic carbocycles. The predicted octanol–water partition coefficient (Wildman–Crippen LogP) is 3.61. The van der Waals surface area contributed by atoms with E-state index < -0.39 is 5.97 Å². The van der Waals surface area contributed by atoms with Gasteiger partial charge in [0, 0.05) is 18.2 Å². The number of carbonyl (C=O) groups is 2. The number of benzene rings is 1. The van der Waals surface area contributed by atoms with E-state index >= 15 is 0 Å². The molecule has 2 N–H and O–H groups in total. The molecule has 1 amide bonds. The molecule has 0 saturated heterocycles. The van der Waals surface area contributed by atoms with E-state index in [0.29, 0.717) is 6.42 Å². The van der Waals surface area contributed by atoms with Crippen LogP contribution in [0.15, 0.2) is 24.3 Å². The summed E-state index contributed by atoms with van der Waals surface area (Å²) < 4.78 is 0. The maximum Gasteiger partial charge on any atom is 0.328 e. The third-order valence-corrected chi connectivity index (χ3v) is 2.95. The van der Waals surface area contributed by atoms with Gasteiger partial charge in [0.15, 0.2) is 0 Å².